The third-order valence-electron chi connectivity index (χ3n) is 4.40. The van der Waals surface area contributed by atoms with Crippen LogP contribution in [0.2, 0.25) is 0 Å². The van der Waals surface area contributed by atoms with Crippen molar-refractivity contribution in [1.82, 2.24) is 4.90 Å². The van der Waals surface area contributed by atoms with Gasteiger partial charge in [-0.05, 0) is 56.3 Å². The molecule has 0 heterocycles. The van der Waals surface area contributed by atoms with Gasteiger partial charge in [-0.15, -0.1) is 0 Å². The predicted octanol–water partition coefficient (Wildman–Crippen LogP) is 3.18. The zero-order chi connectivity index (χ0) is 15.2. The van der Waals surface area contributed by atoms with Crippen molar-refractivity contribution < 1.29 is 9.50 Å². The summed E-state index contributed by atoms with van der Waals surface area (Å²) in [6, 6.07) is 5.34. The van der Waals surface area contributed by atoms with Crippen LogP contribution in [0, 0.1) is 23.6 Å². The minimum absolute atomic E-state index is 0.202. The summed E-state index contributed by atoms with van der Waals surface area (Å²) in [4.78, 5) is 2.35. The highest BCUT2D eigenvalue weighted by atomic mass is 19.1. The number of halogens is 1. The van der Waals surface area contributed by atoms with Crippen LogP contribution < -0.4 is 0 Å². The van der Waals surface area contributed by atoms with E-state index in [1.807, 2.05) is 0 Å². The van der Waals surface area contributed by atoms with E-state index in [1.165, 1.54) is 37.8 Å². The summed E-state index contributed by atoms with van der Waals surface area (Å²) in [6.45, 7) is 2.89. The summed E-state index contributed by atoms with van der Waals surface area (Å²) in [6.07, 6.45) is 5.04. The van der Waals surface area contributed by atoms with E-state index < -0.39 is 0 Å². The maximum atomic E-state index is 13.4. The summed E-state index contributed by atoms with van der Waals surface area (Å²) < 4.78 is 13.4. The second kappa shape index (κ2) is 7.59. The number of rotatable bonds is 3. The van der Waals surface area contributed by atoms with Crippen LogP contribution in [0.5, 0.6) is 0 Å². The number of aliphatic hydroxyl groups excluding tert-OH is 1. The first-order valence-corrected chi connectivity index (χ1v) is 7.68. The van der Waals surface area contributed by atoms with E-state index in [0.717, 1.165) is 18.0 Å². The molecule has 1 fully saturated rings. The van der Waals surface area contributed by atoms with Crippen molar-refractivity contribution in [3.05, 3.63) is 35.1 Å². The molecule has 0 saturated heterocycles. The molecule has 1 aliphatic rings. The van der Waals surface area contributed by atoms with E-state index in [4.69, 9.17) is 5.11 Å². The number of aliphatic hydroxyl groups is 1. The SMILES string of the molecule is CC1CCC(N(C)Cc2ccc(F)cc2C#CCO)CC1. The van der Waals surface area contributed by atoms with Crippen LogP contribution in [-0.4, -0.2) is 29.7 Å². The Labute approximate surface area is 127 Å². The number of nitrogens with zero attached hydrogens (tertiary/aromatic N) is 1. The third-order valence-corrected chi connectivity index (χ3v) is 4.40. The van der Waals surface area contributed by atoms with Gasteiger partial charge in [0.05, 0.1) is 0 Å². The van der Waals surface area contributed by atoms with Crippen molar-refractivity contribution >= 4 is 0 Å². The molecule has 0 radical (unpaired) electrons. The molecule has 2 nitrogen and oxygen atoms in total. The van der Waals surface area contributed by atoms with Gasteiger partial charge in [-0.2, -0.15) is 0 Å². The van der Waals surface area contributed by atoms with Crippen LogP contribution in [0.3, 0.4) is 0 Å². The van der Waals surface area contributed by atoms with Gasteiger partial charge in [-0.25, -0.2) is 4.39 Å². The molecule has 1 N–H and O–H groups in total. The highest BCUT2D eigenvalue weighted by Crippen LogP contribution is 2.27. The van der Waals surface area contributed by atoms with Gasteiger partial charge in [0.25, 0.3) is 0 Å². The van der Waals surface area contributed by atoms with Crippen molar-refractivity contribution in [3.63, 3.8) is 0 Å². The average Bonchev–Trinajstić information content (AvgIpc) is 2.48. The molecule has 0 bridgehead atoms. The lowest BCUT2D eigenvalue weighted by molar-refractivity contribution is 0.164. The lowest BCUT2D eigenvalue weighted by Crippen LogP contribution is -2.34. The minimum atomic E-state index is -0.282. The monoisotopic (exact) mass is 289 g/mol. The second-order valence-corrected chi connectivity index (χ2v) is 6.09. The van der Waals surface area contributed by atoms with Gasteiger partial charge >= 0.3 is 0 Å². The zero-order valence-corrected chi connectivity index (χ0v) is 12.9. The molecule has 1 saturated carbocycles. The van der Waals surface area contributed by atoms with Crippen molar-refractivity contribution in [1.29, 1.82) is 0 Å². The van der Waals surface area contributed by atoms with Gasteiger partial charge in [-0.3, -0.25) is 4.90 Å². The molecule has 1 aromatic rings. The maximum Gasteiger partial charge on any atom is 0.124 e. The lowest BCUT2D eigenvalue weighted by Gasteiger charge is -2.33. The number of benzene rings is 1. The van der Waals surface area contributed by atoms with E-state index in [9.17, 15) is 4.39 Å². The molecule has 1 aliphatic carbocycles. The summed E-state index contributed by atoms with van der Waals surface area (Å²) in [5, 5.41) is 8.82. The van der Waals surface area contributed by atoms with Crippen LogP contribution >= 0.6 is 0 Å². The quantitative estimate of drug-likeness (QED) is 0.864. The van der Waals surface area contributed by atoms with Gasteiger partial charge in [-0.1, -0.05) is 24.8 Å². The zero-order valence-electron chi connectivity index (χ0n) is 12.9. The number of hydrogen-bond donors (Lipinski definition) is 1. The molecule has 21 heavy (non-hydrogen) atoms. The third kappa shape index (κ3) is 4.56. The average molecular weight is 289 g/mol. The molecule has 1 aromatic carbocycles. The molecule has 0 aliphatic heterocycles. The molecule has 0 atom stereocenters. The summed E-state index contributed by atoms with van der Waals surface area (Å²) >= 11 is 0. The predicted molar refractivity (Wildman–Crippen MR) is 83.3 cm³/mol. The van der Waals surface area contributed by atoms with E-state index in [1.54, 1.807) is 6.07 Å². The van der Waals surface area contributed by atoms with Crippen molar-refractivity contribution in [2.24, 2.45) is 5.92 Å². The maximum absolute atomic E-state index is 13.4. The summed E-state index contributed by atoms with van der Waals surface area (Å²) in [5.74, 6) is 6.02. The Balaban J connectivity index is 2.08. The molecule has 2 rings (SSSR count). The highest BCUT2D eigenvalue weighted by Gasteiger charge is 2.22. The van der Waals surface area contributed by atoms with Crippen LogP contribution in [0.1, 0.15) is 43.7 Å². The Kier molecular flexibility index (Phi) is 5.78. The molecular weight excluding hydrogens is 265 g/mol. The Morgan fingerprint density at radius 2 is 2.00 bits per heavy atom. The largest absolute Gasteiger partial charge is 0.384 e. The van der Waals surface area contributed by atoms with Crippen LogP contribution in [0.15, 0.2) is 18.2 Å². The first-order chi connectivity index (χ1) is 10.1. The summed E-state index contributed by atoms with van der Waals surface area (Å²) in [7, 11) is 2.13. The van der Waals surface area contributed by atoms with Gasteiger partial charge in [0.15, 0.2) is 0 Å². The molecule has 114 valence electrons. The second-order valence-electron chi connectivity index (χ2n) is 6.09. The molecule has 0 aromatic heterocycles. The normalized spacial score (nSPS) is 22.0. The topological polar surface area (TPSA) is 23.5 Å². The smallest absolute Gasteiger partial charge is 0.124 e. The van der Waals surface area contributed by atoms with Crippen molar-refractivity contribution in [2.45, 2.75) is 45.2 Å². The Hall–Kier alpha value is -1.37. The fourth-order valence-corrected chi connectivity index (χ4v) is 3.02. The van der Waals surface area contributed by atoms with E-state index in [2.05, 4.69) is 30.7 Å². The first kappa shape index (κ1) is 16.0. The lowest BCUT2D eigenvalue weighted by atomic mass is 9.86. The fourth-order valence-electron chi connectivity index (χ4n) is 3.02. The first-order valence-electron chi connectivity index (χ1n) is 7.68. The Morgan fingerprint density at radius 1 is 1.29 bits per heavy atom. The highest BCUT2D eigenvalue weighted by molar-refractivity contribution is 5.41. The summed E-state index contributed by atoms with van der Waals surface area (Å²) in [5.41, 5.74) is 1.71. The molecule has 0 amide bonds. The minimum Gasteiger partial charge on any atom is -0.384 e. The van der Waals surface area contributed by atoms with Crippen molar-refractivity contribution in [3.8, 4) is 11.8 Å². The number of hydrogen-bond acceptors (Lipinski definition) is 2. The van der Waals surface area contributed by atoms with Gasteiger partial charge in [0, 0.05) is 18.2 Å². The van der Waals surface area contributed by atoms with Gasteiger partial charge < -0.3 is 5.11 Å². The molecular formula is C18H24FNO. The van der Waals surface area contributed by atoms with Gasteiger partial charge in [0.2, 0.25) is 0 Å². The van der Waals surface area contributed by atoms with Gasteiger partial charge in [0.1, 0.15) is 12.4 Å². The Bertz CT molecular complexity index is 524. The van der Waals surface area contributed by atoms with E-state index >= 15 is 0 Å². The molecule has 3 heteroatoms. The fraction of sp³-hybridized carbons (Fsp3) is 0.556. The van der Waals surface area contributed by atoms with Crippen LogP contribution in [0.4, 0.5) is 4.39 Å². The standard InChI is InChI=1S/C18H24FNO/c1-14-5-9-18(10-6-14)20(2)13-16-7-8-17(19)12-15(16)4-3-11-21/h7-8,12,14,18,21H,5-6,9-11,13H2,1-2H3. The van der Waals surface area contributed by atoms with E-state index in [0.29, 0.717) is 11.6 Å². The molecule has 0 unspecified atom stereocenters. The van der Waals surface area contributed by atoms with E-state index in [-0.39, 0.29) is 12.4 Å². The Morgan fingerprint density at radius 3 is 2.67 bits per heavy atom. The van der Waals surface area contributed by atoms with Crippen LogP contribution in [0.25, 0.3) is 0 Å². The molecule has 0 spiro atoms. The van der Waals surface area contributed by atoms with Crippen LogP contribution in [-0.2, 0) is 6.54 Å². The van der Waals surface area contributed by atoms with Crippen molar-refractivity contribution in [2.75, 3.05) is 13.7 Å².